The first-order valence-electron chi connectivity index (χ1n) is 3.26. The summed E-state index contributed by atoms with van der Waals surface area (Å²) in [7, 11) is 0. The summed E-state index contributed by atoms with van der Waals surface area (Å²) in [6.45, 7) is 1.88. The van der Waals surface area contributed by atoms with E-state index in [-0.39, 0.29) is 10.8 Å². The number of benzene rings is 1. The lowest BCUT2D eigenvalue weighted by Gasteiger charge is -2.07. The molecule has 0 aliphatic rings. The molecule has 4 heteroatoms. The number of halogens is 3. The summed E-state index contributed by atoms with van der Waals surface area (Å²) in [5.74, 6) is -0.346. The number of hydrogen-bond acceptors (Lipinski definition) is 1. The summed E-state index contributed by atoms with van der Waals surface area (Å²) in [4.78, 5) is 0.569. The van der Waals surface area contributed by atoms with Crippen LogP contribution in [0.2, 0.25) is 5.02 Å². The van der Waals surface area contributed by atoms with E-state index in [1.807, 2.05) is 13.2 Å². The minimum absolute atomic E-state index is 0.181. The zero-order valence-electron chi connectivity index (χ0n) is 6.62. The van der Waals surface area contributed by atoms with Crippen LogP contribution in [-0.4, -0.2) is 6.26 Å². The number of rotatable bonds is 1. The van der Waals surface area contributed by atoms with Gasteiger partial charge in [-0.15, -0.1) is 11.8 Å². The van der Waals surface area contributed by atoms with Crippen molar-refractivity contribution in [3.05, 3.63) is 26.9 Å². The van der Waals surface area contributed by atoms with E-state index in [2.05, 4.69) is 15.9 Å². The van der Waals surface area contributed by atoms with E-state index in [1.54, 1.807) is 6.07 Å². The zero-order valence-corrected chi connectivity index (χ0v) is 9.78. The molecule has 1 rings (SSSR count). The molecule has 0 saturated heterocycles. The van der Waals surface area contributed by atoms with Crippen molar-refractivity contribution in [2.75, 3.05) is 6.26 Å². The molecule has 0 amide bonds. The second kappa shape index (κ2) is 3.99. The van der Waals surface area contributed by atoms with E-state index < -0.39 is 0 Å². The van der Waals surface area contributed by atoms with Gasteiger partial charge in [0.1, 0.15) is 0 Å². The zero-order chi connectivity index (χ0) is 9.30. The Bertz CT molecular complexity index is 288. The van der Waals surface area contributed by atoms with Gasteiger partial charge in [0.25, 0.3) is 0 Å². The Labute approximate surface area is 88.6 Å². The molecule has 1 aromatic carbocycles. The molecule has 0 aliphatic carbocycles. The van der Waals surface area contributed by atoms with Crippen LogP contribution >= 0.6 is 39.3 Å². The molecule has 0 aliphatic heterocycles. The van der Waals surface area contributed by atoms with Gasteiger partial charge in [-0.05, 0) is 40.7 Å². The van der Waals surface area contributed by atoms with Gasteiger partial charge in [0.2, 0.25) is 0 Å². The van der Waals surface area contributed by atoms with Gasteiger partial charge in [-0.3, -0.25) is 0 Å². The van der Waals surface area contributed by atoms with E-state index >= 15 is 0 Å². The van der Waals surface area contributed by atoms with Crippen LogP contribution in [0.1, 0.15) is 5.56 Å². The van der Waals surface area contributed by atoms with Gasteiger partial charge >= 0.3 is 0 Å². The standard InChI is InChI=1S/C8H7BrClFS/c1-4-3-5(10)7(11)8(12-2)6(4)9/h3H,1-2H3. The van der Waals surface area contributed by atoms with E-state index in [0.29, 0.717) is 4.90 Å². The van der Waals surface area contributed by atoms with E-state index in [0.717, 1.165) is 10.0 Å². The monoisotopic (exact) mass is 268 g/mol. The Balaban J connectivity index is 3.42. The van der Waals surface area contributed by atoms with Crippen LogP contribution in [0.15, 0.2) is 15.4 Å². The van der Waals surface area contributed by atoms with Crippen molar-refractivity contribution >= 4 is 39.3 Å². The molecule has 0 nitrogen and oxygen atoms in total. The molecular formula is C8H7BrClFS. The van der Waals surface area contributed by atoms with Crippen molar-refractivity contribution in [1.29, 1.82) is 0 Å². The highest BCUT2D eigenvalue weighted by Crippen LogP contribution is 2.35. The maximum absolute atomic E-state index is 13.3. The highest BCUT2D eigenvalue weighted by atomic mass is 79.9. The summed E-state index contributed by atoms with van der Waals surface area (Å²) in [6, 6.07) is 1.61. The fourth-order valence-corrected chi connectivity index (χ4v) is 2.60. The number of hydrogen-bond donors (Lipinski definition) is 0. The van der Waals surface area contributed by atoms with Crippen LogP contribution < -0.4 is 0 Å². The third-order valence-electron chi connectivity index (χ3n) is 1.50. The van der Waals surface area contributed by atoms with Gasteiger partial charge in [-0.25, -0.2) is 4.39 Å². The smallest absolute Gasteiger partial charge is 0.156 e. The molecule has 12 heavy (non-hydrogen) atoms. The third kappa shape index (κ3) is 1.78. The van der Waals surface area contributed by atoms with Gasteiger partial charge in [0.05, 0.1) is 9.92 Å². The highest BCUT2D eigenvalue weighted by molar-refractivity contribution is 9.10. The summed E-state index contributed by atoms with van der Waals surface area (Å²) in [5, 5.41) is 0.181. The molecule has 0 unspecified atom stereocenters. The van der Waals surface area contributed by atoms with E-state index in [9.17, 15) is 4.39 Å². The number of thioether (sulfide) groups is 1. The Hall–Kier alpha value is 0.270. The molecule has 0 bridgehead atoms. The van der Waals surface area contributed by atoms with Gasteiger partial charge in [0, 0.05) is 4.47 Å². The average Bonchev–Trinajstić information content (AvgIpc) is 2.02. The van der Waals surface area contributed by atoms with Gasteiger partial charge in [0.15, 0.2) is 5.82 Å². The second-order valence-electron chi connectivity index (χ2n) is 2.34. The Morgan fingerprint density at radius 1 is 1.58 bits per heavy atom. The summed E-state index contributed by atoms with van der Waals surface area (Å²) >= 11 is 10.3. The summed E-state index contributed by atoms with van der Waals surface area (Å²) < 4.78 is 14.0. The predicted molar refractivity (Wildman–Crippen MR) is 55.6 cm³/mol. The van der Waals surface area contributed by atoms with Crippen LogP contribution in [-0.2, 0) is 0 Å². The van der Waals surface area contributed by atoms with Crippen LogP contribution in [0.3, 0.4) is 0 Å². The molecule has 1 aromatic rings. The van der Waals surface area contributed by atoms with Gasteiger partial charge < -0.3 is 0 Å². The van der Waals surface area contributed by atoms with E-state index in [4.69, 9.17) is 11.6 Å². The van der Waals surface area contributed by atoms with Crippen LogP contribution in [0.5, 0.6) is 0 Å². The lowest BCUT2D eigenvalue weighted by molar-refractivity contribution is 0.600. The Morgan fingerprint density at radius 3 is 2.67 bits per heavy atom. The highest BCUT2D eigenvalue weighted by Gasteiger charge is 2.12. The molecule has 0 atom stereocenters. The fourth-order valence-electron chi connectivity index (χ4n) is 0.880. The molecule has 0 heterocycles. The molecular weight excluding hydrogens is 263 g/mol. The van der Waals surface area contributed by atoms with Crippen molar-refractivity contribution in [3.63, 3.8) is 0 Å². The van der Waals surface area contributed by atoms with Crippen molar-refractivity contribution < 1.29 is 4.39 Å². The SMILES string of the molecule is CSc1c(F)c(Cl)cc(C)c1Br. The van der Waals surface area contributed by atoms with Crippen LogP contribution in [0.25, 0.3) is 0 Å². The van der Waals surface area contributed by atoms with Crippen molar-refractivity contribution in [2.45, 2.75) is 11.8 Å². The van der Waals surface area contributed by atoms with Crippen molar-refractivity contribution in [3.8, 4) is 0 Å². The maximum Gasteiger partial charge on any atom is 0.156 e. The Kier molecular flexibility index (Phi) is 3.44. The lowest BCUT2D eigenvalue weighted by atomic mass is 10.2. The molecule has 0 saturated carbocycles. The minimum atomic E-state index is -0.346. The van der Waals surface area contributed by atoms with Gasteiger partial charge in [-0.2, -0.15) is 0 Å². The third-order valence-corrected chi connectivity index (χ3v) is 3.85. The average molecular weight is 270 g/mol. The van der Waals surface area contributed by atoms with Gasteiger partial charge in [-0.1, -0.05) is 11.6 Å². The normalized spacial score (nSPS) is 10.4. The number of aryl methyl sites for hydroxylation is 1. The minimum Gasteiger partial charge on any atom is -0.204 e. The first-order valence-corrected chi connectivity index (χ1v) is 5.65. The van der Waals surface area contributed by atoms with E-state index in [1.165, 1.54) is 11.8 Å². The second-order valence-corrected chi connectivity index (χ2v) is 4.35. The molecule has 0 N–H and O–H groups in total. The fraction of sp³-hybridized carbons (Fsp3) is 0.250. The molecule has 66 valence electrons. The van der Waals surface area contributed by atoms with Crippen LogP contribution in [0.4, 0.5) is 4.39 Å². The molecule has 0 radical (unpaired) electrons. The predicted octanol–water partition coefficient (Wildman–Crippen LogP) is 4.27. The van der Waals surface area contributed by atoms with Crippen molar-refractivity contribution in [1.82, 2.24) is 0 Å². The topological polar surface area (TPSA) is 0 Å². The first kappa shape index (κ1) is 10.4. The Morgan fingerprint density at radius 2 is 2.17 bits per heavy atom. The maximum atomic E-state index is 13.3. The van der Waals surface area contributed by atoms with Crippen molar-refractivity contribution in [2.24, 2.45) is 0 Å². The summed E-state index contributed by atoms with van der Waals surface area (Å²) in [5.41, 5.74) is 0.950. The lowest BCUT2D eigenvalue weighted by Crippen LogP contribution is -1.87. The largest absolute Gasteiger partial charge is 0.204 e. The molecule has 0 aromatic heterocycles. The summed E-state index contributed by atoms with van der Waals surface area (Å²) in [6.07, 6.45) is 1.82. The molecule has 0 fully saturated rings. The quantitative estimate of drug-likeness (QED) is 0.542. The van der Waals surface area contributed by atoms with Crippen LogP contribution in [0, 0.1) is 12.7 Å². The first-order chi connectivity index (χ1) is 5.57. The molecule has 0 spiro atoms.